The molecule has 0 bridgehead atoms. The highest BCUT2D eigenvalue weighted by Crippen LogP contribution is 2.21. The number of amides is 1. The van der Waals surface area contributed by atoms with Gasteiger partial charge in [-0.25, -0.2) is 5.43 Å². The van der Waals surface area contributed by atoms with Crippen molar-refractivity contribution in [2.45, 2.75) is 6.54 Å². The van der Waals surface area contributed by atoms with Crippen LogP contribution in [-0.4, -0.2) is 37.0 Å². The molecule has 0 radical (unpaired) electrons. The van der Waals surface area contributed by atoms with E-state index in [1.807, 2.05) is 24.3 Å². The van der Waals surface area contributed by atoms with Gasteiger partial charge in [-0.15, -0.1) is 0 Å². The van der Waals surface area contributed by atoms with Crippen LogP contribution in [0.1, 0.15) is 21.6 Å². The van der Waals surface area contributed by atoms with E-state index in [1.165, 1.54) is 23.0 Å². The number of nitro groups is 1. The van der Waals surface area contributed by atoms with E-state index in [9.17, 15) is 25.1 Å². The maximum atomic E-state index is 12.3. The van der Waals surface area contributed by atoms with Gasteiger partial charge in [0.25, 0.3) is 5.91 Å². The fourth-order valence-electron chi connectivity index (χ4n) is 2.46. The van der Waals surface area contributed by atoms with Crippen LogP contribution in [-0.2, 0) is 6.54 Å². The van der Waals surface area contributed by atoms with Gasteiger partial charge in [-0.3, -0.25) is 19.6 Å². The van der Waals surface area contributed by atoms with E-state index in [2.05, 4.69) is 31.6 Å². The summed E-state index contributed by atoms with van der Waals surface area (Å²) >= 11 is 3.35. The number of nitrogens with one attached hydrogen (secondary N) is 1. The molecule has 1 heterocycles. The van der Waals surface area contributed by atoms with Gasteiger partial charge < -0.3 is 10.2 Å². The van der Waals surface area contributed by atoms with Crippen molar-refractivity contribution in [1.29, 1.82) is 0 Å². The minimum Gasteiger partial charge on any atom is -0.508 e. The molecule has 10 nitrogen and oxygen atoms in total. The summed E-state index contributed by atoms with van der Waals surface area (Å²) in [6.07, 6.45) is 2.31. The van der Waals surface area contributed by atoms with E-state index >= 15 is 0 Å². The first kappa shape index (κ1) is 20.0. The molecule has 3 rings (SSSR count). The second kappa shape index (κ2) is 8.52. The smallest absolute Gasteiger partial charge is 0.320 e. The average Bonchev–Trinajstić information content (AvgIpc) is 3.07. The number of hydrazone groups is 1. The largest absolute Gasteiger partial charge is 0.508 e. The Labute approximate surface area is 172 Å². The Morgan fingerprint density at radius 3 is 2.79 bits per heavy atom. The third kappa shape index (κ3) is 4.96. The lowest BCUT2D eigenvalue weighted by molar-refractivity contribution is -0.385. The molecule has 0 unspecified atom stereocenters. The normalized spacial score (nSPS) is 10.9. The summed E-state index contributed by atoms with van der Waals surface area (Å²) in [6, 6.07) is 11.1. The van der Waals surface area contributed by atoms with E-state index in [0.29, 0.717) is 0 Å². The summed E-state index contributed by atoms with van der Waals surface area (Å²) in [6.45, 7) is 0.234. The first-order chi connectivity index (χ1) is 13.8. The summed E-state index contributed by atoms with van der Waals surface area (Å²) < 4.78 is 2.14. The van der Waals surface area contributed by atoms with Crippen LogP contribution < -0.4 is 5.43 Å². The van der Waals surface area contributed by atoms with Crippen molar-refractivity contribution in [3.8, 4) is 11.5 Å². The maximum absolute atomic E-state index is 12.3. The number of hydrogen-bond donors (Lipinski definition) is 3. The molecule has 11 heteroatoms. The van der Waals surface area contributed by atoms with E-state index in [-0.39, 0.29) is 23.6 Å². The van der Waals surface area contributed by atoms with Gasteiger partial charge in [0.2, 0.25) is 5.69 Å². The lowest BCUT2D eigenvalue weighted by Crippen LogP contribution is -2.19. The van der Waals surface area contributed by atoms with Gasteiger partial charge in [0.05, 0.1) is 17.7 Å². The van der Waals surface area contributed by atoms with Crippen molar-refractivity contribution < 1.29 is 19.9 Å². The number of nitrogens with zero attached hydrogens (tertiary/aromatic N) is 4. The number of rotatable bonds is 6. The molecule has 2 aromatic carbocycles. The third-order valence-corrected chi connectivity index (χ3v) is 4.26. The van der Waals surface area contributed by atoms with Crippen molar-refractivity contribution in [2.75, 3.05) is 0 Å². The molecule has 3 N–H and O–H groups in total. The summed E-state index contributed by atoms with van der Waals surface area (Å²) in [7, 11) is 0. The number of phenols is 2. The SMILES string of the molecule is O=C(N/N=C\c1ccc(O)cc1O)c1nn(Cc2cccc(Br)c2)cc1[N+](=O)[O-]. The standard InChI is InChI=1S/C18H14BrN5O5/c19-13-3-1-2-11(6-13)9-23-10-15(24(28)29)17(22-23)18(27)21-20-8-12-4-5-14(25)7-16(12)26/h1-8,10,25-26H,9H2,(H,21,27)/b20-8-. The molecule has 0 saturated heterocycles. The topological polar surface area (TPSA) is 143 Å². The Morgan fingerprint density at radius 2 is 2.10 bits per heavy atom. The van der Waals surface area contributed by atoms with Crippen molar-refractivity contribution in [3.63, 3.8) is 0 Å². The molecule has 0 aliphatic rings. The Morgan fingerprint density at radius 1 is 1.31 bits per heavy atom. The van der Waals surface area contributed by atoms with Gasteiger partial charge in [-0.1, -0.05) is 28.1 Å². The molecule has 1 aromatic heterocycles. The predicted molar refractivity (Wildman–Crippen MR) is 107 cm³/mol. The van der Waals surface area contributed by atoms with Gasteiger partial charge in [0.1, 0.15) is 17.7 Å². The minimum absolute atomic E-state index is 0.129. The maximum Gasteiger partial charge on any atom is 0.320 e. The number of aromatic hydroxyl groups is 2. The molecule has 0 spiro atoms. The van der Waals surface area contributed by atoms with Crippen LogP contribution in [0.15, 0.2) is 58.2 Å². The third-order valence-electron chi connectivity index (χ3n) is 3.77. The predicted octanol–water partition coefficient (Wildman–Crippen LogP) is 2.78. The molecule has 0 saturated carbocycles. The van der Waals surface area contributed by atoms with E-state index in [0.717, 1.165) is 22.3 Å². The van der Waals surface area contributed by atoms with E-state index < -0.39 is 22.2 Å². The van der Waals surface area contributed by atoms with Crippen molar-refractivity contribution >= 4 is 33.7 Å². The van der Waals surface area contributed by atoms with Crippen molar-refractivity contribution in [2.24, 2.45) is 5.10 Å². The Hall–Kier alpha value is -3.73. The number of phenolic OH excluding ortho intramolecular Hbond substituents is 2. The van der Waals surface area contributed by atoms with Crippen LogP contribution in [0, 0.1) is 10.1 Å². The number of carbonyl (C=O) groups excluding carboxylic acids is 1. The molecule has 0 aliphatic heterocycles. The lowest BCUT2D eigenvalue weighted by Gasteiger charge is -2.02. The number of halogens is 1. The molecule has 0 atom stereocenters. The Kier molecular flexibility index (Phi) is 5.88. The first-order valence-corrected chi connectivity index (χ1v) is 8.94. The average molecular weight is 460 g/mol. The molecular formula is C18H14BrN5O5. The molecule has 29 heavy (non-hydrogen) atoms. The zero-order valence-corrected chi connectivity index (χ0v) is 16.3. The summed E-state index contributed by atoms with van der Waals surface area (Å²) in [5, 5.41) is 37.9. The Bertz CT molecular complexity index is 1110. The van der Waals surface area contributed by atoms with Gasteiger partial charge in [0.15, 0.2) is 0 Å². The second-order valence-electron chi connectivity index (χ2n) is 5.89. The number of carbonyl (C=O) groups is 1. The molecule has 0 aliphatic carbocycles. The van der Waals surface area contributed by atoms with Gasteiger partial charge in [0, 0.05) is 16.1 Å². The van der Waals surface area contributed by atoms with Gasteiger partial charge in [-0.2, -0.15) is 10.2 Å². The van der Waals surface area contributed by atoms with Crippen molar-refractivity contribution in [1.82, 2.24) is 15.2 Å². The fraction of sp³-hybridized carbons (Fsp3) is 0.0556. The highest BCUT2D eigenvalue weighted by molar-refractivity contribution is 9.10. The van der Waals surface area contributed by atoms with Crippen molar-refractivity contribution in [3.05, 3.63) is 80.1 Å². The number of hydrogen-bond acceptors (Lipinski definition) is 7. The van der Waals surface area contributed by atoms with Crippen LogP contribution in [0.3, 0.4) is 0 Å². The van der Waals surface area contributed by atoms with E-state index in [4.69, 9.17) is 0 Å². The van der Waals surface area contributed by atoms with Crippen LogP contribution in [0.5, 0.6) is 11.5 Å². The molecule has 1 amide bonds. The Balaban J connectivity index is 1.77. The monoisotopic (exact) mass is 459 g/mol. The fourth-order valence-corrected chi connectivity index (χ4v) is 2.91. The number of benzene rings is 2. The van der Waals surface area contributed by atoms with Gasteiger partial charge in [-0.05, 0) is 29.8 Å². The first-order valence-electron chi connectivity index (χ1n) is 8.15. The summed E-state index contributed by atoms with van der Waals surface area (Å²) in [5.74, 6) is -1.25. The summed E-state index contributed by atoms with van der Waals surface area (Å²) in [4.78, 5) is 22.9. The molecule has 0 fully saturated rings. The van der Waals surface area contributed by atoms with E-state index in [1.54, 1.807) is 0 Å². The summed E-state index contributed by atoms with van der Waals surface area (Å²) in [5.41, 5.74) is 2.36. The van der Waals surface area contributed by atoms with Crippen LogP contribution in [0.25, 0.3) is 0 Å². The minimum atomic E-state index is -0.876. The van der Waals surface area contributed by atoms with Crippen LogP contribution in [0.2, 0.25) is 0 Å². The quantitative estimate of drug-likeness (QED) is 0.293. The van der Waals surface area contributed by atoms with Gasteiger partial charge >= 0.3 is 5.69 Å². The second-order valence-corrected chi connectivity index (χ2v) is 6.81. The molecular weight excluding hydrogens is 446 g/mol. The number of aromatic nitrogens is 2. The van der Waals surface area contributed by atoms with Crippen LogP contribution in [0.4, 0.5) is 5.69 Å². The highest BCUT2D eigenvalue weighted by Gasteiger charge is 2.25. The zero-order chi connectivity index (χ0) is 21.0. The molecule has 3 aromatic rings. The van der Waals surface area contributed by atoms with Crippen LogP contribution >= 0.6 is 15.9 Å². The molecule has 148 valence electrons. The zero-order valence-electron chi connectivity index (χ0n) is 14.7. The lowest BCUT2D eigenvalue weighted by atomic mass is 10.2. The highest BCUT2D eigenvalue weighted by atomic mass is 79.9.